The smallest absolute Gasteiger partial charge is 0.339 e. The van der Waals surface area contributed by atoms with Crippen LogP contribution in [0.4, 0.5) is 10.1 Å². The number of benzene rings is 2. The van der Waals surface area contributed by atoms with Gasteiger partial charge in [-0.05, 0) is 36.2 Å². The summed E-state index contributed by atoms with van der Waals surface area (Å²) in [6.45, 7) is 2.16. The molecule has 4 heteroatoms. The van der Waals surface area contributed by atoms with Crippen molar-refractivity contribution in [1.82, 2.24) is 0 Å². The molecule has 0 bridgehead atoms. The zero-order chi connectivity index (χ0) is 14.5. The standard InChI is InChI=1S/C16H16FNO2/c1-11-7-8-12(9-14(11)17)10-18-15-6-4-3-5-13(15)16(19)20-2/h3-9,18H,10H2,1-2H3. The van der Waals surface area contributed by atoms with E-state index in [0.717, 1.165) is 5.56 Å². The number of nitrogens with one attached hydrogen (secondary N) is 1. The monoisotopic (exact) mass is 273 g/mol. The van der Waals surface area contributed by atoms with Crippen LogP contribution in [-0.2, 0) is 11.3 Å². The van der Waals surface area contributed by atoms with E-state index in [0.29, 0.717) is 23.4 Å². The third-order valence-corrected chi connectivity index (χ3v) is 3.05. The van der Waals surface area contributed by atoms with Crippen LogP contribution in [0, 0.1) is 12.7 Å². The van der Waals surface area contributed by atoms with E-state index in [9.17, 15) is 9.18 Å². The summed E-state index contributed by atoms with van der Waals surface area (Å²) in [6.07, 6.45) is 0. The first kappa shape index (κ1) is 14.1. The molecule has 2 aromatic carbocycles. The number of halogens is 1. The van der Waals surface area contributed by atoms with Gasteiger partial charge in [-0.15, -0.1) is 0 Å². The zero-order valence-corrected chi connectivity index (χ0v) is 11.4. The summed E-state index contributed by atoms with van der Waals surface area (Å²) in [4.78, 5) is 11.6. The highest BCUT2D eigenvalue weighted by molar-refractivity contribution is 5.95. The van der Waals surface area contributed by atoms with Crippen LogP contribution in [0.2, 0.25) is 0 Å². The van der Waals surface area contributed by atoms with Crippen molar-refractivity contribution < 1.29 is 13.9 Å². The van der Waals surface area contributed by atoms with Gasteiger partial charge < -0.3 is 10.1 Å². The average Bonchev–Trinajstić information content (AvgIpc) is 2.48. The summed E-state index contributed by atoms with van der Waals surface area (Å²) in [7, 11) is 1.34. The van der Waals surface area contributed by atoms with Crippen LogP contribution in [0.25, 0.3) is 0 Å². The molecular weight excluding hydrogens is 257 g/mol. The zero-order valence-electron chi connectivity index (χ0n) is 11.4. The SMILES string of the molecule is COC(=O)c1ccccc1NCc1ccc(C)c(F)c1. The first-order valence-electron chi connectivity index (χ1n) is 6.28. The molecule has 0 aliphatic rings. The van der Waals surface area contributed by atoms with Crippen molar-refractivity contribution in [2.24, 2.45) is 0 Å². The number of hydrogen-bond donors (Lipinski definition) is 1. The Morgan fingerprint density at radius 3 is 2.70 bits per heavy atom. The van der Waals surface area contributed by atoms with E-state index >= 15 is 0 Å². The number of carbonyl (C=O) groups is 1. The Labute approximate surface area is 117 Å². The second-order valence-electron chi connectivity index (χ2n) is 4.47. The number of hydrogen-bond acceptors (Lipinski definition) is 3. The summed E-state index contributed by atoms with van der Waals surface area (Å²) in [5, 5.41) is 3.12. The molecule has 0 amide bonds. The van der Waals surface area contributed by atoms with E-state index in [-0.39, 0.29) is 5.82 Å². The number of anilines is 1. The van der Waals surface area contributed by atoms with E-state index in [1.54, 1.807) is 31.2 Å². The van der Waals surface area contributed by atoms with Gasteiger partial charge in [0, 0.05) is 12.2 Å². The fourth-order valence-corrected chi connectivity index (χ4v) is 1.87. The molecular formula is C16H16FNO2. The largest absolute Gasteiger partial charge is 0.465 e. The van der Waals surface area contributed by atoms with Gasteiger partial charge in [0.25, 0.3) is 0 Å². The van der Waals surface area contributed by atoms with E-state index in [4.69, 9.17) is 4.74 Å². The lowest BCUT2D eigenvalue weighted by Gasteiger charge is -2.11. The normalized spacial score (nSPS) is 10.2. The lowest BCUT2D eigenvalue weighted by atomic mass is 10.1. The molecule has 1 N–H and O–H groups in total. The maximum absolute atomic E-state index is 13.5. The van der Waals surface area contributed by atoms with E-state index in [1.807, 2.05) is 12.1 Å². The highest BCUT2D eigenvalue weighted by atomic mass is 19.1. The van der Waals surface area contributed by atoms with E-state index in [1.165, 1.54) is 13.2 Å². The van der Waals surface area contributed by atoms with E-state index in [2.05, 4.69) is 5.32 Å². The quantitative estimate of drug-likeness (QED) is 0.866. The predicted octanol–water partition coefficient (Wildman–Crippen LogP) is 3.53. The molecule has 2 rings (SSSR count). The maximum Gasteiger partial charge on any atom is 0.339 e. The topological polar surface area (TPSA) is 38.3 Å². The molecule has 0 heterocycles. The minimum atomic E-state index is -0.400. The molecule has 2 aromatic rings. The lowest BCUT2D eigenvalue weighted by molar-refractivity contribution is 0.0602. The number of para-hydroxylation sites is 1. The maximum atomic E-state index is 13.5. The molecule has 104 valence electrons. The summed E-state index contributed by atoms with van der Waals surface area (Å²) in [5.41, 5.74) is 2.55. The van der Waals surface area contributed by atoms with Crippen molar-refractivity contribution in [2.45, 2.75) is 13.5 Å². The first-order valence-corrected chi connectivity index (χ1v) is 6.28. The van der Waals surface area contributed by atoms with Crippen LogP contribution < -0.4 is 5.32 Å². The van der Waals surface area contributed by atoms with Gasteiger partial charge in [-0.1, -0.05) is 24.3 Å². The third-order valence-electron chi connectivity index (χ3n) is 3.05. The minimum Gasteiger partial charge on any atom is -0.465 e. The van der Waals surface area contributed by atoms with Gasteiger partial charge >= 0.3 is 5.97 Å². The summed E-state index contributed by atoms with van der Waals surface area (Å²) in [5.74, 6) is -0.631. The Bertz CT molecular complexity index is 626. The molecule has 0 unspecified atom stereocenters. The fourth-order valence-electron chi connectivity index (χ4n) is 1.87. The van der Waals surface area contributed by atoms with Crippen molar-refractivity contribution in [1.29, 1.82) is 0 Å². The van der Waals surface area contributed by atoms with Crippen molar-refractivity contribution in [3.8, 4) is 0 Å². The first-order chi connectivity index (χ1) is 9.61. The van der Waals surface area contributed by atoms with Crippen LogP contribution in [0.3, 0.4) is 0 Å². The molecule has 0 atom stereocenters. The molecule has 0 saturated carbocycles. The number of rotatable bonds is 4. The molecule has 0 fully saturated rings. The van der Waals surface area contributed by atoms with Crippen molar-refractivity contribution in [3.05, 3.63) is 65.0 Å². The van der Waals surface area contributed by atoms with Crippen LogP contribution >= 0.6 is 0 Å². The minimum absolute atomic E-state index is 0.231. The Morgan fingerprint density at radius 2 is 2.00 bits per heavy atom. The summed E-state index contributed by atoms with van der Waals surface area (Å²) < 4.78 is 18.2. The summed E-state index contributed by atoms with van der Waals surface area (Å²) in [6, 6.07) is 12.1. The Kier molecular flexibility index (Phi) is 4.35. The second kappa shape index (κ2) is 6.19. The van der Waals surface area contributed by atoms with Gasteiger partial charge in [0.1, 0.15) is 5.82 Å². The highest BCUT2D eigenvalue weighted by Gasteiger charge is 2.10. The van der Waals surface area contributed by atoms with Crippen LogP contribution in [0.15, 0.2) is 42.5 Å². The molecule has 0 aliphatic heterocycles. The molecule has 0 radical (unpaired) electrons. The Hall–Kier alpha value is -2.36. The van der Waals surface area contributed by atoms with Crippen LogP contribution in [0.5, 0.6) is 0 Å². The number of methoxy groups -OCH3 is 1. The lowest BCUT2D eigenvalue weighted by Crippen LogP contribution is -2.08. The van der Waals surface area contributed by atoms with Gasteiger partial charge in [0.05, 0.1) is 12.7 Å². The molecule has 20 heavy (non-hydrogen) atoms. The Morgan fingerprint density at radius 1 is 1.25 bits per heavy atom. The second-order valence-corrected chi connectivity index (χ2v) is 4.47. The molecule has 0 aromatic heterocycles. The van der Waals surface area contributed by atoms with Crippen molar-refractivity contribution in [3.63, 3.8) is 0 Å². The molecule has 0 saturated heterocycles. The van der Waals surface area contributed by atoms with Gasteiger partial charge in [-0.3, -0.25) is 0 Å². The predicted molar refractivity (Wildman–Crippen MR) is 76.2 cm³/mol. The molecule has 3 nitrogen and oxygen atoms in total. The fraction of sp³-hybridized carbons (Fsp3) is 0.188. The summed E-state index contributed by atoms with van der Waals surface area (Å²) >= 11 is 0. The number of carbonyl (C=O) groups excluding carboxylic acids is 1. The van der Waals surface area contributed by atoms with Gasteiger partial charge in [0.15, 0.2) is 0 Å². The Balaban J connectivity index is 2.14. The average molecular weight is 273 g/mol. The van der Waals surface area contributed by atoms with E-state index < -0.39 is 5.97 Å². The van der Waals surface area contributed by atoms with Gasteiger partial charge in [-0.25, -0.2) is 9.18 Å². The van der Waals surface area contributed by atoms with Crippen molar-refractivity contribution in [2.75, 3.05) is 12.4 Å². The van der Waals surface area contributed by atoms with Gasteiger partial charge in [0.2, 0.25) is 0 Å². The number of aryl methyl sites for hydroxylation is 1. The molecule has 0 spiro atoms. The molecule has 0 aliphatic carbocycles. The van der Waals surface area contributed by atoms with Crippen LogP contribution in [0.1, 0.15) is 21.5 Å². The van der Waals surface area contributed by atoms with Crippen molar-refractivity contribution >= 4 is 11.7 Å². The number of ether oxygens (including phenoxy) is 1. The van der Waals surface area contributed by atoms with Crippen LogP contribution in [-0.4, -0.2) is 13.1 Å². The third kappa shape index (κ3) is 3.15. The van der Waals surface area contributed by atoms with Gasteiger partial charge in [-0.2, -0.15) is 0 Å². The number of esters is 1. The highest BCUT2D eigenvalue weighted by Crippen LogP contribution is 2.18.